The largest absolute Gasteiger partial charge is 0.458 e. The van der Waals surface area contributed by atoms with Gasteiger partial charge in [0.1, 0.15) is 6.61 Å². The Morgan fingerprint density at radius 2 is 1.46 bits per heavy atom. The Balaban J connectivity index is 2.27. The van der Waals surface area contributed by atoms with E-state index in [-0.39, 0.29) is 5.97 Å². The van der Waals surface area contributed by atoms with E-state index in [1.54, 1.807) is 12.1 Å². The molecule has 0 saturated heterocycles. The van der Waals surface area contributed by atoms with Crippen LogP contribution < -0.4 is 0 Å². The molecule has 0 radical (unpaired) electrons. The Bertz CT molecular complexity index is 588. The molecule has 0 amide bonds. The first-order valence-electron chi connectivity index (χ1n) is 8.66. The number of carbonyl (C=O) groups excluding carboxylic acids is 1. The fourth-order valence-corrected chi connectivity index (χ4v) is 2.26. The summed E-state index contributed by atoms with van der Waals surface area (Å²) in [7, 11) is 0. The van der Waals surface area contributed by atoms with Crippen LogP contribution in [0.4, 0.5) is 0 Å². The Morgan fingerprint density at radius 3 is 2.08 bits per heavy atom. The molecule has 0 aliphatic rings. The summed E-state index contributed by atoms with van der Waals surface area (Å²) in [6, 6.07) is 9.09. The topological polar surface area (TPSA) is 26.3 Å². The molecule has 2 heteroatoms. The van der Waals surface area contributed by atoms with E-state index in [4.69, 9.17) is 4.74 Å². The molecule has 0 N–H and O–H groups in total. The fourth-order valence-electron chi connectivity index (χ4n) is 2.26. The van der Waals surface area contributed by atoms with Gasteiger partial charge in [-0.1, -0.05) is 47.1 Å². The average molecular weight is 326 g/mol. The zero-order valence-corrected chi connectivity index (χ0v) is 15.5. The molecular weight excluding hydrogens is 296 g/mol. The van der Waals surface area contributed by atoms with Crippen molar-refractivity contribution in [2.45, 2.75) is 53.4 Å². The number of ether oxygens (including phenoxy) is 1. The highest BCUT2D eigenvalue weighted by Crippen LogP contribution is 2.11. The highest BCUT2D eigenvalue weighted by molar-refractivity contribution is 5.89. The SMILES string of the molecule is CC(C)=CCCC(C)=CCCC(C)=CCOC(=O)c1ccccc1. The minimum absolute atomic E-state index is 0.269. The molecule has 0 aliphatic heterocycles. The van der Waals surface area contributed by atoms with Crippen LogP contribution >= 0.6 is 0 Å². The third-order valence-corrected chi connectivity index (χ3v) is 3.78. The van der Waals surface area contributed by atoms with Crippen molar-refractivity contribution in [2.24, 2.45) is 0 Å². The van der Waals surface area contributed by atoms with E-state index in [1.165, 1.54) is 16.7 Å². The maximum absolute atomic E-state index is 11.8. The molecule has 0 bridgehead atoms. The van der Waals surface area contributed by atoms with Crippen molar-refractivity contribution in [3.8, 4) is 0 Å². The first kappa shape index (κ1) is 20.0. The maximum atomic E-state index is 11.8. The van der Waals surface area contributed by atoms with Crippen LogP contribution in [0.15, 0.2) is 65.3 Å². The number of carbonyl (C=O) groups is 1. The van der Waals surface area contributed by atoms with Gasteiger partial charge in [-0.15, -0.1) is 0 Å². The lowest BCUT2D eigenvalue weighted by molar-refractivity contribution is 0.0549. The van der Waals surface area contributed by atoms with Crippen LogP contribution in [-0.4, -0.2) is 12.6 Å². The molecule has 0 aliphatic carbocycles. The third-order valence-electron chi connectivity index (χ3n) is 3.78. The predicted octanol–water partition coefficient (Wildman–Crippen LogP) is 6.26. The number of esters is 1. The molecule has 0 unspecified atom stereocenters. The van der Waals surface area contributed by atoms with Gasteiger partial charge in [0.25, 0.3) is 0 Å². The summed E-state index contributed by atoms with van der Waals surface area (Å²) in [4.78, 5) is 11.8. The molecule has 130 valence electrons. The normalized spacial score (nSPS) is 12.0. The molecule has 2 nitrogen and oxygen atoms in total. The standard InChI is InChI=1S/C22H30O2/c1-18(2)10-8-11-19(3)12-9-13-20(4)16-17-24-22(23)21-14-6-5-7-15-21/h5-7,10,12,14-16H,8-9,11,13,17H2,1-4H3. The van der Waals surface area contributed by atoms with Crippen LogP contribution in [0.1, 0.15) is 63.7 Å². The number of rotatable bonds is 9. The number of hydrogen-bond acceptors (Lipinski definition) is 2. The zero-order valence-electron chi connectivity index (χ0n) is 15.5. The number of hydrogen-bond donors (Lipinski definition) is 0. The Labute approximate surface area is 146 Å². The van der Waals surface area contributed by atoms with Crippen molar-refractivity contribution in [1.29, 1.82) is 0 Å². The van der Waals surface area contributed by atoms with Crippen LogP contribution in [0, 0.1) is 0 Å². The fraction of sp³-hybridized carbons (Fsp3) is 0.409. The molecular formula is C22H30O2. The molecule has 1 rings (SSSR count). The lowest BCUT2D eigenvalue weighted by atomic mass is 10.1. The first-order valence-corrected chi connectivity index (χ1v) is 8.66. The lowest BCUT2D eigenvalue weighted by Gasteiger charge is -2.04. The number of benzene rings is 1. The van der Waals surface area contributed by atoms with E-state index < -0.39 is 0 Å². The third kappa shape index (κ3) is 9.14. The van der Waals surface area contributed by atoms with Crippen molar-refractivity contribution in [3.63, 3.8) is 0 Å². The van der Waals surface area contributed by atoms with E-state index >= 15 is 0 Å². The molecule has 1 aromatic rings. The van der Waals surface area contributed by atoms with Gasteiger partial charge in [-0.3, -0.25) is 0 Å². The Hall–Kier alpha value is -2.09. The van der Waals surface area contributed by atoms with E-state index in [2.05, 4.69) is 39.8 Å². The van der Waals surface area contributed by atoms with Gasteiger partial charge in [0.05, 0.1) is 5.56 Å². The van der Waals surface area contributed by atoms with Crippen molar-refractivity contribution >= 4 is 5.97 Å². The summed E-state index contributed by atoms with van der Waals surface area (Å²) < 4.78 is 5.26. The second-order valence-electron chi connectivity index (χ2n) is 6.42. The van der Waals surface area contributed by atoms with Gasteiger partial charge in [-0.25, -0.2) is 4.79 Å². The molecule has 0 aromatic heterocycles. The van der Waals surface area contributed by atoms with Crippen molar-refractivity contribution in [3.05, 3.63) is 70.8 Å². The van der Waals surface area contributed by atoms with Crippen LogP contribution in [0.25, 0.3) is 0 Å². The Morgan fingerprint density at radius 1 is 0.875 bits per heavy atom. The van der Waals surface area contributed by atoms with E-state index in [0.717, 1.165) is 25.7 Å². The molecule has 0 heterocycles. The van der Waals surface area contributed by atoms with Crippen LogP contribution in [0.3, 0.4) is 0 Å². The smallest absolute Gasteiger partial charge is 0.338 e. The summed E-state index contributed by atoms with van der Waals surface area (Å²) >= 11 is 0. The molecule has 1 aromatic carbocycles. The average Bonchev–Trinajstić information content (AvgIpc) is 2.55. The minimum Gasteiger partial charge on any atom is -0.458 e. The molecule has 0 fully saturated rings. The second-order valence-corrected chi connectivity index (χ2v) is 6.42. The summed E-state index contributed by atoms with van der Waals surface area (Å²) in [6.45, 7) is 8.89. The van der Waals surface area contributed by atoms with E-state index in [9.17, 15) is 4.79 Å². The van der Waals surface area contributed by atoms with Gasteiger partial charge < -0.3 is 4.74 Å². The summed E-state index contributed by atoms with van der Waals surface area (Å²) in [5.41, 5.74) is 4.67. The lowest BCUT2D eigenvalue weighted by Crippen LogP contribution is -2.04. The van der Waals surface area contributed by atoms with Crippen LogP contribution in [-0.2, 0) is 4.74 Å². The van der Waals surface area contributed by atoms with Crippen molar-refractivity contribution < 1.29 is 9.53 Å². The predicted molar refractivity (Wildman–Crippen MR) is 102 cm³/mol. The molecule has 0 atom stereocenters. The summed E-state index contributed by atoms with van der Waals surface area (Å²) in [6.07, 6.45) is 10.9. The van der Waals surface area contributed by atoms with Gasteiger partial charge >= 0.3 is 5.97 Å². The maximum Gasteiger partial charge on any atom is 0.338 e. The van der Waals surface area contributed by atoms with E-state index in [1.807, 2.05) is 24.3 Å². The van der Waals surface area contributed by atoms with Gasteiger partial charge in [0.15, 0.2) is 0 Å². The van der Waals surface area contributed by atoms with E-state index in [0.29, 0.717) is 12.2 Å². The molecule has 0 spiro atoms. The van der Waals surface area contributed by atoms with Gasteiger partial charge in [-0.2, -0.15) is 0 Å². The van der Waals surface area contributed by atoms with Gasteiger partial charge in [-0.05, 0) is 71.6 Å². The first-order chi connectivity index (χ1) is 11.5. The van der Waals surface area contributed by atoms with Crippen molar-refractivity contribution in [2.75, 3.05) is 6.61 Å². The van der Waals surface area contributed by atoms with Crippen molar-refractivity contribution in [1.82, 2.24) is 0 Å². The Kier molecular flexibility index (Phi) is 9.52. The zero-order chi connectivity index (χ0) is 17.8. The van der Waals surface area contributed by atoms with Gasteiger partial charge in [0, 0.05) is 0 Å². The van der Waals surface area contributed by atoms with Crippen LogP contribution in [0.5, 0.6) is 0 Å². The quantitative estimate of drug-likeness (QED) is 0.395. The number of allylic oxidation sites excluding steroid dienone is 5. The second kappa shape index (κ2) is 11.4. The molecule has 0 saturated carbocycles. The minimum atomic E-state index is -0.269. The monoisotopic (exact) mass is 326 g/mol. The highest BCUT2D eigenvalue weighted by atomic mass is 16.5. The highest BCUT2D eigenvalue weighted by Gasteiger charge is 2.04. The summed E-state index contributed by atoms with van der Waals surface area (Å²) in [5.74, 6) is -0.269. The summed E-state index contributed by atoms with van der Waals surface area (Å²) in [5, 5.41) is 0. The molecule has 24 heavy (non-hydrogen) atoms. The van der Waals surface area contributed by atoms with Gasteiger partial charge in [0.2, 0.25) is 0 Å². The van der Waals surface area contributed by atoms with Crippen LogP contribution in [0.2, 0.25) is 0 Å².